The molecule has 18 heavy (non-hydrogen) atoms. The Morgan fingerprint density at radius 1 is 1.39 bits per heavy atom. The SMILES string of the molecule is COC(=O)[C@@H](C)N(CCCl)P(=O)(N1CC1)N1CC1. The van der Waals surface area contributed by atoms with Gasteiger partial charge in [0.15, 0.2) is 0 Å². The second-order valence-corrected chi connectivity index (χ2v) is 7.52. The molecule has 8 heteroatoms. The van der Waals surface area contributed by atoms with Crippen LogP contribution in [0, 0.1) is 0 Å². The van der Waals surface area contributed by atoms with Crippen molar-refractivity contribution < 1.29 is 14.1 Å². The highest BCUT2D eigenvalue weighted by Gasteiger charge is 2.53. The fourth-order valence-corrected chi connectivity index (χ4v) is 5.48. The summed E-state index contributed by atoms with van der Waals surface area (Å²) in [7, 11) is -1.43. The molecule has 2 rings (SSSR count). The van der Waals surface area contributed by atoms with Gasteiger partial charge in [-0.3, -0.25) is 9.36 Å². The summed E-state index contributed by atoms with van der Waals surface area (Å²) in [5, 5.41) is 0. The number of carbonyl (C=O) groups excluding carboxylic acids is 1. The first kappa shape index (κ1) is 14.3. The number of alkyl halides is 1. The minimum absolute atomic E-state index is 0.340. The number of nitrogens with zero attached hydrogens (tertiary/aromatic N) is 3. The van der Waals surface area contributed by atoms with Crippen molar-refractivity contribution in [3.8, 4) is 0 Å². The van der Waals surface area contributed by atoms with Crippen LogP contribution in [0.25, 0.3) is 0 Å². The Morgan fingerprint density at radius 2 is 1.89 bits per heavy atom. The number of esters is 1. The quantitative estimate of drug-likeness (QED) is 0.300. The van der Waals surface area contributed by atoms with E-state index in [0.29, 0.717) is 12.4 Å². The predicted molar refractivity (Wildman–Crippen MR) is 69.7 cm³/mol. The molecule has 6 nitrogen and oxygen atoms in total. The molecule has 2 heterocycles. The Labute approximate surface area is 112 Å². The lowest BCUT2D eigenvalue weighted by Crippen LogP contribution is -2.41. The van der Waals surface area contributed by atoms with Crippen molar-refractivity contribution in [3.05, 3.63) is 0 Å². The summed E-state index contributed by atoms with van der Waals surface area (Å²) < 4.78 is 23.5. The summed E-state index contributed by atoms with van der Waals surface area (Å²) in [5.74, 6) is -0.0310. The van der Waals surface area contributed by atoms with Gasteiger partial charge in [-0.2, -0.15) is 0 Å². The van der Waals surface area contributed by atoms with E-state index in [-0.39, 0.29) is 5.97 Å². The number of carbonyl (C=O) groups is 1. The Bertz CT molecular complexity index is 357. The molecule has 0 aromatic carbocycles. The molecule has 0 unspecified atom stereocenters. The van der Waals surface area contributed by atoms with Gasteiger partial charge < -0.3 is 4.74 Å². The van der Waals surface area contributed by atoms with E-state index in [2.05, 4.69) is 0 Å². The van der Waals surface area contributed by atoms with Crippen molar-refractivity contribution in [3.63, 3.8) is 0 Å². The van der Waals surface area contributed by atoms with Crippen molar-refractivity contribution in [2.45, 2.75) is 13.0 Å². The number of rotatable bonds is 7. The lowest BCUT2D eigenvalue weighted by atomic mass is 10.3. The summed E-state index contributed by atoms with van der Waals surface area (Å²) in [6, 6.07) is -0.541. The fraction of sp³-hybridized carbons (Fsp3) is 0.900. The molecule has 2 saturated heterocycles. The summed E-state index contributed by atoms with van der Waals surface area (Å²) >= 11 is 5.79. The van der Waals surface area contributed by atoms with Gasteiger partial charge in [0, 0.05) is 38.6 Å². The molecule has 0 radical (unpaired) electrons. The van der Waals surface area contributed by atoms with E-state index in [1.54, 1.807) is 11.6 Å². The van der Waals surface area contributed by atoms with Gasteiger partial charge >= 0.3 is 5.97 Å². The fourth-order valence-electron chi connectivity index (χ4n) is 2.04. The topological polar surface area (TPSA) is 52.6 Å². The Balaban J connectivity index is 2.21. The third-order valence-corrected chi connectivity index (χ3v) is 6.88. The van der Waals surface area contributed by atoms with Gasteiger partial charge in [-0.25, -0.2) is 14.0 Å². The number of methoxy groups -OCH3 is 1. The summed E-state index contributed by atoms with van der Waals surface area (Å²) in [6.07, 6.45) is 0. The lowest BCUT2D eigenvalue weighted by Gasteiger charge is -2.35. The first-order chi connectivity index (χ1) is 8.55. The van der Waals surface area contributed by atoms with Crippen molar-refractivity contribution in [1.29, 1.82) is 0 Å². The molecule has 2 aliphatic rings. The molecule has 0 amide bonds. The monoisotopic (exact) mass is 295 g/mol. The zero-order valence-corrected chi connectivity index (χ0v) is 12.4. The summed E-state index contributed by atoms with van der Waals surface area (Å²) in [4.78, 5) is 11.7. The average Bonchev–Trinajstić information content (AvgIpc) is 3.21. The Morgan fingerprint density at radius 3 is 2.22 bits per heavy atom. The minimum atomic E-state index is -2.78. The minimum Gasteiger partial charge on any atom is -0.468 e. The molecule has 0 aliphatic carbocycles. The van der Waals surface area contributed by atoms with Gasteiger partial charge in [0.2, 0.25) is 0 Å². The van der Waals surface area contributed by atoms with Gasteiger partial charge in [0.05, 0.1) is 7.11 Å². The second kappa shape index (κ2) is 5.47. The maximum Gasteiger partial charge on any atom is 0.323 e. The van der Waals surface area contributed by atoms with Crippen LogP contribution in [0.4, 0.5) is 0 Å². The van der Waals surface area contributed by atoms with Crippen LogP contribution in [0.5, 0.6) is 0 Å². The lowest BCUT2D eigenvalue weighted by molar-refractivity contribution is -0.144. The van der Waals surface area contributed by atoms with E-state index < -0.39 is 13.6 Å². The highest BCUT2D eigenvalue weighted by Crippen LogP contribution is 2.63. The highest BCUT2D eigenvalue weighted by atomic mass is 35.5. The van der Waals surface area contributed by atoms with Crippen LogP contribution >= 0.6 is 19.2 Å². The Hall–Kier alpha value is -0.130. The second-order valence-electron chi connectivity index (χ2n) is 4.47. The molecule has 2 aliphatic heterocycles. The normalized spacial score (nSPS) is 22.0. The zero-order valence-electron chi connectivity index (χ0n) is 10.7. The van der Waals surface area contributed by atoms with Gasteiger partial charge in [0.1, 0.15) is 6.04 Å². The van der Waals surface area contributed by atoms with E-state index in [4.69, 9.17) is 16.3 Å². The largest absolute Gasteiger partial charge is 0.468 e. The third-order valence-electron chi connectivity index (χ3n) is 3.22. The van der Waals surface area contributed by atoms with Gasteiger partial charge in [-0.05, 0) is 6.92 Å². The molecule has 0 spiro atoms. The van der Waals surface area contributed by atoms with E-state index in [1.807, 2.05) is 9.34 Å². The summed E-state index contributed by atoms with van der Waals surface area (Å²) in [6.45, 7) is 5.42. The van der Waals surface area contributed by atoms with Crippen molar-refractivity contribution in [2.24, 2.45) is 0 Å². The van der Waals surface area contributed by atoms with Gasteiger partial charge in [0.25, 0.3) is 7.59 Å². The highest BCUT2D eigenvalue weighted by molar-refractivity contribution is 7.57. The maximum absolute atomic E-state index is 13.2. The van der Waals surface area contributed by atoms with E-state index in [9.17, 15) is 9.36 Å². The molecular formula is C10H19ClN3O3P. The molecule has 0 bridgehead atoms. The summed E-state index contributed by atoms with van der Waals surface area (Å²) in [5.41, 5.74) is 0. The Kier molecular flexibility index (Phi) is 4.34. The van der Waals surface area contributed by atoms with E-state index in [1.165, 1.54) is 7.11 Å². The van der Waals surface area contributed by atoms with Crippen LogP contribution in [-0.2, 0) is 14.1 Å². The average molecular weight is 296 g/mol. The molecule has 0 aromatic heterocycles. The molecular weight excluding hydrogens is 277 g/mol. The van der Waals surface area contributed by atoms with Crippen LogP contribution < -0.4 is 0 Å². The molecule has 104 valence electrons. The van der Waals surface area contributed by atoms with Gasteiger partial charge in [-0.1, -0.05) is 0 Å². The van der Waals surface area contributed by atoms with Crippen molar-refractivity contribution >= 4 is 25.2 Å². The molecule has 0 N–H and O–H groups in total. The first-order valence-corrected chi connectivity index (χ1v) is 8.17. The number of ether oxygens (including phenoxy) is 1. The zero-order chi connectivity index (χ0) is 13.3. The van der Waals surface area contributed by atoms with Crippen LogP contribution in [0.1, 0.15) is 6.92 Å². The smallest absolute Gasteiger partial charge is 0.323 e. The van der Waals surface area contributed by atoms with Crippen LogP contribution in [0.3, 0.4) is 0 Å². The molecule has 1 atom stereocenters. The maximum atomic E-state index is 13.2. The van der Waals surface area contributed by atoms with Crippen molar-refractivity contribution in [2.75, 3.05) is 45.7 Å². The number of hydrogen-bond donors (Lipinski definition) is 0. The number of hydrogen-bond acceptors (Lipinski definition) is 3. The molecule has 2 fully saturated rings. The first-order valence-electron chi connectivity index (χ1n) is 6.07. The molecule has 0 saturated carbocycles. The van der Waals surface area contributed by atoms with Crippen LogP contribution in [0.15, 0.2) is 0 Å². The molecule has 0 aromatic rings. The van der Waals surface area contributed by atoms with E-state index >= 15 is 0 Å². The standard InChI is InChI=1S/C10H19ClN3O3P/c1-9(10(15)17-2)14(4-3-11)18(16,12-5-6-12)13-7-8-13/h9H,3-8H2,1-2H3/t9-/m1/s1. The van der Waals surface area contributed by atoms with Crippen LogP contribution in [-0.4, -0.2) is 71.7 Å². The van der Waals surface area contributed by atoms with E-state index in [0.717, 1.165) is 26.2 Å². The van der Waals surface area contributed by atoms with Crippen molar-refractivity contribution in [1.82, 2.24) is 14.0 Å². The van der Waals surface area contributed by atoms with Gasteiger partial charge in [-0.15, -0.1) is 11.6 Å². The number of halogens is 1. The predicted octanol–water partition coefficient (Wildman–Crippen LogP) is 0.828. The third kappa shape index (κ3) is 2.58. The van der Waals surface area contributed by atoms with Crippen LogP contribution in [0.2, 0.25) is 0 Å².